The quantitative estimate of drug-likeness (QED) is 0.580. The lowest BCUT2D eigenvalue weighted by molar-refractivity contribution is -0.423. The second-order valence-electron chi connectivity index (χ2n) is 2.35. The van der Waals surface area contributed by atoms with Crippen LogP contribution in [0, 0.1) is 0 Å². The van der Waals surface area contributed by atoms with Gasteiger partial charge in [-0.05, 0) is 0 Å². The molecule has 11 heteroatoms. The summed E-state index contributed by atoms with van der Waals surface area (Å²) in [5.41, 5.74) is 0. The van der Waals surface area contributed by atoms with Gasteiger partial charge in [0.15, 0.2) is 0 Å². The molecule has 0 N–H and O–H groups in total. The van der Waals surface area contributed by atoms with Gasteiger partial charge in [0.1, 0.15) is 6.61 Å². The van der Waals surface area contributed by atoms with E-state index < -0.39 is 29.2 Å². The van der Waals surface area contributed by atoms with E-state index in [9.17, 15) is 26.3 Å². The summed E-state index contributed by atoms with van der Waals surface area (Å²) in [5, 5.41) is 0. The monoisotopic (exact) mass is 314 g/mol. The first-order valence-corrected chi connectivity index (χ1v) is 4.44. The van der Waals surface area contributed by atoms with Gasteiger partial charge < -0.3 is 4.74 Å². The molecule has 2 nitrogen and oxygen atoms in total. The van der Waals surface area contributed by atoms with Gasteiger partial charge in [0.25, 0.3) is 6.36 Å². The molecule has 1 atom stereocenters. The van der Waals surface area contributed by atoms with E-state index in [0.29, 0.717) is 0 Å². The fraction of sp³-hybridized carbons (Fsp3) is 1.00. The molecule has 0 aromatic carbocycles. The van der Waals surface area contributed by atoms with Crippen LogP contribution in [-0.4, -0.2) is 29.2 Å². The molecule has 0 bridgehead atoms. The molecule has 16 heavy (non-hydrogen) atoms. The van der Waals surface area contributed by atoms with Crippen molar-refractivity contribution in [3.63, 3.8) is 0 Å². The molecular formula is C5H3Cl3F6O2. The van der Waals surface area contributed by atoms with Gasteiger partial charge in [-0.2, -0.15) is 8.78 Å². The van der Waals surface area contributed by atoms with E-state index in [4.69, 9.17) is 34.8 Å². The molecule has 0 aliphatic rings. The maximum absolute atomic E-state index is 12.5. The van der Waals surface area contributed by atoms with Crippen LogP contribution < -0.4 is 0 Å². The number of hydrogen-bond acceptors (Lipinski definition) is 2. The van der Waals surface area contributed by atoms with Crippen molar-refractivity contribution in [2.24, 2.45) is 0 Å². The molecule has 0 spiro atoms. The topological polar surface area (TPSA) is 18.5 Å². The van der Waals surface area contributed by atoms with Gasteiger partial charge in [0.05, 0.1) is 0 Å². The predicted octanol–water partition coefficient (Wildman–Crippen LogP) is 3.80. The summed E-state index contributed by atoms with van der Waals surface area (Å²) in [7, 11) is 0. The van der Waals surface area contributed by atoms with Gasteiger partial charge in [-0.1, -0.05) is 34.8 Å². The molecule has 0 radical (unpaired) electrons. The first-order chi connectivity index (χ1) is 6.83. The van der Waals surface area contributed by atoms with Crippen LogP contribution in [0.1, 0.15) is 0 Å². The van der Waals surface area contributed by atoms with E-state index in [0.717, 1.165) is 0 Å². The molecule has 0 fully saturated rings. The number of ether oxygens (including phenoxy) is 2. The van der Waals surface area contributed by atoms with Gasteiger partial charge in [-0.25, -0.2) is 9.13 Å². The highest BCUT2D eigenvalue weighted by molar-refractivity contribution is 6.67. The normalized spacial score (nSPS) is 16.3. The van der Waals surface area contributed by atoms with E-state index >= 15 is 0 Å². The number of hydrogen-bond donors (Lipinski definition) is 0. The van der Waals surface area contributed by atoms with Crippen LogP contribution >= 0.6 is 34.8 Å². The van der Waals surface area contributed by atoms with Crippen LogP contribution in [0.2, 0.25) is 0 Å². The van der Waals surface area contributed by atoms with Crippen molar-refractivity contribution < 1.29 is 35.8 Å². The molecule has 0 aliphatic carbocycles. The zero-order chi connectivity index (χ0) is 13.2. The zero-order valence-electron chi connectivity index (χ0n) is 7.00. The minimum Gasteiger partial charge on any atom is -0.312 e. The Morgan fingerprint density at radius 2 is 1.44 bits per heavy atom. The highest BCUT2D eigenvalue weighted by Gasteiger charge is 2.50. The summed E-state index contributed by atoms with van der Waals surface area (Å²) in [6.07, 6.45) is -14.5. The van der Waals surface area contributed by atoms with E-state index in [1.807, 2.05) is 0 Å². The van der Waals surface area contributed by atoms with Crippen molar-refractivity contribution in [3.05, 3.63) is 0 Å². The van der Waals surface area contributed by atoms with E-state index in [1.54, 1.807) is 0 Å². The highest BCUT2D eigenvalue weighted by atomic mass is 35.6. The average molecular weight is 315 g/mol. The Bertz CT molecular complexity index is 227. The maximum atomic E-state index is 12.5. The zero-order valence-corrected chi connectivity index (χ0v) is 9.27. The van der Waals surface area contributed by atoms with Crippen molar-refractivity contribution in [3.8, 4) is 0 Å². The fourth-order valence-corrected chi connectivity index (χ4v) is 0.593. The van der Waals surface area contributed by atoms with Crippen molar-refractivity contribution in [1.82, 2.24) is 0 Å². The van der Waals surface area contributed by atoms with Gasteiger partial charge in [0.2, 0.25) is 3.79 Å². The van der Waals surface area contributed by atoms with Crippen LogP contribution in [0.3, 0.4) is 0 Å². The first kappa shape index (κ1) is 16.4. The minimum absolute atomic E-state index is 1.31. The van der Waals surface area contributed by atoms with Gasteiger partial charge in [-0.15, -0.1) is 13.2 Å². The summed E-state index contributed by atoms with van der Waals surface area (Å²) >= 11 is 14.9. The Morgan fingerprint density at radius 3 is 1.75 bits per heavy atom. The van der Waals surface area contributed by atoms with Crippen LogP contribution in [0.5, 0.6) is 0 Å². The van der Waals surface area contributed by atoms with Gasteiger partial charge >= 0.3 is 12.5 Å². The second kappa shape index (κ2) is 5.34. The molecule has 1 unspecified atom stereocenters. The Labute approximate surface area is 100 Å². The van der Waals surface area contributed by atoms with Crippen molar-refractivity contribution in [2.45, 2.75) is 22.6 Å². The average Bonchev–Trinajstić information content (AvgIpc) is 1.96. The van der Waals surface area contributed by atoms with Crippen molar-refractivity contribution >= 4 is 34.8 Å². The molecule has 0 saturated heterocycles. The second-order valence-corrected chi connectivity index (χ2v) is 4.86. The molecule has 0 aromatic rings. The summed E-state index contributed by atoms with van der Waals surface area (Å²) in [6.45, 7) is -1.31. The van der Waals surface area contributed by atoms with Crippen LogP contribution in [0.25, 0.3) is 0 Å². The Kier molecular flexibility index (Phi) is 5.47. The lowest BCUT2D eigenvalue weighted by Gasteiger charge is -2.23. The SMILES string of the molecule is FC(OC(F)(F)F)C(F)(F)OCC(Cl)(Cl)Cl. The Balaban J connectivity index is 4.32. The molecule has 0 saturated carbocycles. The lowest BCUT2D eigenvalue weighted by Crippen LogP contribution is -2.40. The van der Waals surface area contributed by atoms with E-state index in [2.05, 4.69) is 9.47 Å². The van der Waals surface area contributed by atoms with Gasteiger partial charge in [0, 0.05) is 0 Å². The predicted molar refractivity (Wildman–Crippen MR) is 43.2 cm³/mol. The molecule has 0 amide bonds. The first-order valence-electron chi connectivity index (χ1n) is 3.30. The summed E-state index contributed by atoms with van der Waals surface area (Å²) in [5.74, 6) is 0. The summed E-state index contributed by atoms with van der Waals surface area (Å²) in [6, 6.07) is 0. The number of alkyl halides is 9. The fourth-order valence-electron chi connectivity index (χ4n) is 0.429. The largest absolute Gasteiger partial charge is 0.525 e. The van der Waals surface area contributed by atoms with Crippen LogP contribution in [-0.2, 0) is 9.47 Å². The van der Waals surface area contributed by atoms with Crippen molar-refractivity contribution in [2.75, 3.05) is 6.61 Å². The van der Waals surface area contributed by atoms with Crippen LogP contribution in [0.4, 0.5) is 26.3 Å². The smallest absolute Gasteiger partial charge is 0.312 e. The third-order valence-corrected chi connectivity index (χ3v) is 1.26. The van der Waals surface area contributed by atoms with E-state index in [1.165, 1.54) is 0 Å². The molecule has 0 aromatic heterocycles. The Morgan fingerprint density at radius 1 is 1.00 bits per heavy atom. The molecule has 0 rings (SSSR count). The number of halogens is 9. The third kappa shape index (κ3) is 7.61. The molecular weight excluding hydrogens is 312 g/mol. The molecule has 0 aliphatic heterocycles. The summed E-state index contributed by atoms with van der Waals surface area (Å²) in [4.78, 5) is 0. The van der Waals surface area contributed by atoms with Gasteiger partial charge in [-0.3, -0.25) is 0 Å². The number of rotatable bonds is 4. The standard InChI is InChI=1S/C5H3Cl3F6O2/c6-3(7,8)1-15-4(10,11)2(9)16-5(12,13)14/h2H,1H2. The lowest BCUT2D eigenvalue weighted by atomic mass is 10.6. The van der Waals surface area contributed by atoms with E-state index in [-0.39, 0.29) is 0 Å². The van der Waals surface area contributed by atoms with Crippen molar-refractivity contribution in [1.29, 1.82) is 0 Å². The van der Waals surface area contributed by atoms with Crippen LogP contribution in [0.15, 0.2) is 0 Å². The Hall–Kier alpha value is 0.370. The molecule has 98 valence electrons. The maximum Gasteiger partial charge on any atom is 0.525 e. The molecule has 0 heterocycles. The highest BCUT2D eigenvalue weighted by Crippen LogP contribution is 2.33. The third-order valence-electron chi connectivity index (χ3n) is 0.930. The summed E-state index contributed by atoms with van der Waals surface area (Å²) < 4.78 is 74.9. The minimum atomic E-state index is -5.58.